The molecule has 1 aliphatic heterocycles. The molecule has 1 fully saturated rings. The number of aliphatic hydroxyl groups is 1. The number of carbonyl (C=O) groups excluding carboxylic acids is 2. The normalized spacial score (nSPS) is 21.6. The van der Waals surface area contributed by atoms with E-state index in [0.717, 1.165) is 16.0 Å². The molecule has 3 aromatic rings. The molecular weight excluding hydrogens is 464 g/mol. The van der Waals surface area contributed by atoms with E-state index >= 15 is 0 Å². The number of pyridine rings is 2. The number of nitrogens with zero attached hydrogens (tertiary/aromatic N) is 3. The van der Waals surface area contributed by atoms with Gasteiger partial charge in [0.2, 0.25) is 5.91 Å². The van der Waals surface area contributed by atoms with Crippen molar-refractivity contribution in [3.05, 3.63) is 53.9 Å². The van der Waals surface area contributed by atoms with Crippen LogP contribution in [-0.2, 0) is 16.1 Å². The van der Waals surface area contributed by atoms with Crippen LogP contribution in [0.5, 0.6) is 0 Å². The number of nitrogens with one attached hydrogen (secondary N) is 3. The number of benzene rings is 1. The van der Waals surface area contributed by atoms with Crippen molar-refractivity contribution < 1.29 is 14.7 Å². The number of anilines is 2. The van der Waals surface area contributed by atoms with Crippen LogP contribution in [0.4, 0.5) is 11.5 Å². The average molecular weight is 489 g/mol. The summed E-state index contributed by atoms with van der Waals surface area (Å²) in [6.45, 7) is 0.534. The van der Waals surface area contributed by atoms with Crippen molar-refractivity contribution in [3.63, 3.8) is 0 Å². The quantitative estimate of drug-likeness (QED) is 0.430. The van der Waals surface area contributed by atoms with Crippen molar-refractivity contribution in [2.45, 2.75) is 48.8 Å². The zero-order valence-corrected chi connectivity index (χ0v) is 19.7. The van der Waals surface area contributed by atoms with Gasteiger partial charge in [-0.3, -0.25) is 9.59 Å². The van der Waals surface area contributed by atoms with Crippen molar-refractivity contribution in [3.8, 4) is 6.07 Å². The molecule has 9 nitrogen and oxygen atoms in total. The number of hydrogen-bond donors (Lipinski definition) is 4. The number of para-hydroxylation sites is 1. The van der Waals surface area contributed by atoms with Crippen molar-refractivity contribution >= 4 is 46.0 Å². The van der Waals surface area contributed by atoms with E-state index in [1.54, 1.807) is 24.3 Å². The standard InChI is InChI=1S/C25H24N6O3S/c26-12-17-5-4-15-2-1-3-19(22(15)28-17)30-24(33)25(34)10-8-16(9-11-25)27-13-18-6-7-20-23(29-18)31-21(32)14-35-20/h1-7,16,27,34H,8-11,13-14H2,(H,30,33)(H,29,31,32). The predicted octanol–water partition coefficient (Wildman–Crippen LogP) is 2.95. The van der Waals surface area contributed by atoms with E-state index in [-0.39, 0.29) is 17.6 Å². The Morgan fingerprint density at radius 3 is 2.83 bits per heavy atom. The lowest BCUT2D eigenvalue weighted by atomic mass is 9.81. The van der Waals surface area contributed by atoms with Crippen LogP contribution < -0.4 is 16.0 Å². The minimum atomic E-state index is -1.47. The zero-order chi connectivity index (χ0) is 24.4. The molecule has 0 spiro atoms. The monoisotopic (exact) mass is 488 g/mol. The first-order chi connectivity index (χ1) is 16.9. The van der Waals surface area contributed by atoms with E-state index in [4.69, 9.17) is 5.26 Å². The van der Waals surface area contributed by atoms with Crippen molar-refractivity contribution in [2.24, 2.45) is 0 Å². The van der Waals surface area contributed by atoms with Crippen LogP contribution >= 0.6 is 11.8 Å². The highest BCUT2D eigenvalue weighted by Gasteiger charge is 2.40. The smallest absolute Gasteiger partial charge is 0.256 e. The highest BCUT2D eigenvalue weighted by atomic mass is 32.2. The van der Waals surface area contributed by atoms with Gasteiger partial charge in [-0.1, -0.05) is 12.1 Å². The van der Waals surface area contributed by atoms with Crippen LogP contribution in [0.3, 0.4) is 0 Å². The van der Waals surface area contributed by atoms with Gasteiger partial charge < -0.3 is 21.1 Å². The van der Waals surface area contributed by atoms with Crippen LogP contribution in [0.1, 0.15) is 37.1 Å². The van der Waals surface area contributed by atoms with Gasteiger partial charge in [-0.15, -0.1) is 11.8 Å². The summed E-state index contributed by atoms with van der Waals surface area (Å²) < 4.78 is 0. The molecule has 2 aromatic heterocycles. The van der Waals surface area contributed by atoms with Crippen molar-refractivity contribution in [2.75, 3.05) is 16.4 Å². The molecule has 2 amide bonds. The van der Waals surface area contributed by atoms with Gasteiger partial charge in [0.15, 0.2) is 0 Å². The van der Waals surface area contributed by atoms with Gasteiger partial charge in [0.1, 0.15) is 23.2 Å². The lowest BCUT2D eigenvalue weighted by molar-refractivity contribution is -0.137. The third kappa shape index (κ3) is 4.98. The average Bonchev–Trinajstić information content (AvgIpc) is 2.88. The molecule has 2 aliphatic rings. The summed E-state index contributed by atoms with van der Waals surface area (Å²) in [6.07, 6.45) is 1.91. The largest absolute Gasteiger partial charge is 0.380 e. The number of nitriles is 1. The summed E-state index contributed by atoms with van der Waals surface area (Å²) in [5, 5.41) is 30.1. The predicted molar refractivity (Wildman–Crippen MR) is 133 cm³/mol. The molecule has 0 unspecified atom stereocenters. The molecule has 10 heteroatoms. The summed E-state index contributed by atoms with van der Waals surface area (Å²) in [4.78, 5) is 34.4. The van der Waals surface area contributed by atoms with Gasteiger partial charge in [0, 0.05) is 18.0 Å². The first-order valence-corrected chi connectivity index (χ1v) is 12.4. The fourth-order valence-corrected chi connectivity index (χ4v) is 5.18. The number of carbonyl (C=O) groups is 2. The van der Waals surface area contributed by atoms with Crippen LogP contribution in [0.2, 0.25) is 0 Å². The van der Waals surface area contributed by atoms with Gasteiger partial charge in [-0.05, 0) is 56.0 Å². The molecule has 1 saturated carbocycles. The summed E-state index contributed by atoms with van der Waals surface area (Å²) >= 11 is 1.48. The number of hydrogen-bond acceptors (Lipinski definition) is 8. The summed E-state index contributed by atoms with van der Waals surface area (Å²) in [5.41, 5.74) is 0.607. The maximum absolute atomic E-state index is 13.0. The lowest BCUT2D eigenvalue weighted by Gasteiger charge is -2.35. The summed E-state index contributed by atoms with van der Waals surface area (Å²) in [5.74, 6) is 0.500. The highest BCUT2D eigenvalue weighted by Crippen LogP contribution is 2.32. The van der Waals surface area contributed by atoms with E-state index in [9.17, 15) is 14.7 Å². The van der Waals surface area contributed by atoms with Crippen LogP contribution in [0.25, 0.3) is 10.9 Å². The second-order valence-electron chi connectivity index (χ2n) is 8.81. The number of thioether (sulfide) groups is 1. The highest BCUT2D eigenvalue weighted by molar-refractivity contribution is 8.00. The Morgan fingerprint density at radius 1 is 1.20 bits per heavy atom. The Labute approximate surface area is 206 Å². The third-order valence-corrected chi connectivity index (χ3v) is 7.47. The molecule has 35 heavy (non-hydrogen) atoms. The van der Waals surface area contributed by atoms with Gasteiger partial charge in [0.05, 0.1) is 27.5 Å². The number of amides is 2. The maximum Gasteiger partial charge on any atom is 0.256 e. The Balaban J connectivity index is 1.19. The van der Waals surface area contributed by atoms with Gasteiger partial charge in [-0.2, -0.15) is 5.26 Å². The fraction of sp³-hybridized carbons (Fsp3) is 0.320. The van der Waals surface area contributed by atoms with Gasteiger partial charge in [-0.25, -0.2) is 9.97 Å². The fourth-order valence-electron chi connectivity index (χ4n) is 4.43. The molecule has 0 saturated heterocycles. The van der Waals surface area contributed by atoms with E-state index < -0.39 is 11.5 Å². The Morgan fingerprint density at radius 2 is 2.03 bits per heavy atom. The van der Waals surface area contributed by atoms with Crippen LogP contribution in [0, 0.1) is 11.3 Å². The Bertz CT molecular complexity index is 1350. The van der Waals surface area contributed by atoms with E-state index in [1.807, 2.05) is 24.3 Å². The second-order valence-corrected chi connectivity index (χ2v) is 9.83. The molecule has 178 valence electrons. The second kappa shape index (κ2) is 9.62. The molecule has 4 N–H and O–H groups in total. The number of fused-ring (bicyclic) bond motifs is 2. The first-order valence-electron chi connectivity index (χ1n) is 11.4. The van der Waals surface area contributed by atoms with Crippen molar-refractivity contribution in [1.82, 2.24) is 15.3 Å². The number of aromatic nitrogens is 2. The molecule has 3 heterocycles. The topological polar surface area (TPSA) is 140 Å². The molecule has 0 atom stereocenters. The molecular formula is C25H24N6O3S. The molecule has 1 aromatic carbocycles. The van der Waals surface area contributed by atoms with Crippen LogP contribution in [-0.4, -0.2) is 44.3 Å². The molecule has 0 bridgehead atoms. The Kier molecular flexibility index (Phi) is 6.38. The summed E-state index contributed by atoms with van der Waals surface area (Å²) in [6, 6.07) is 14.9. The van der Waals surface area contributed by atoms with E-state index in [2.05, 4.69) is 25.9 Å². The molecule has 0 radical (unpaired) electrons. The van der Waals surface area contributed by atoms with Crippen molar-refractivity contribution in [1.29, 1.82) is 5.26 Å². The molecule has 5 rings (SSSR count). The Hall–Kier alpha value is -3.52. The van der Waals surface area contributed by atoms with E-state index in [0.29, 0.717) is 55.0 Å². The minimum Gasteiger partial charge on any atom is -0.380 e. The van der Waals surface area contributed by atoms with Crippen LogP contribution in [0.15, 0.2) is 47.4 Å². The zero-order valence-electron chi connectivity index (χ0n) is 18.9. The lowest BCUT2D eigenvalue weighted by Crippen LogP contribution is -2.48. The number of rotatable bonds is 5. The summed E-state index contributed by atoms with van der Waals surface area (Å²) in [7, 11) is 0. The van der Waals surface area contributed by atoms with Gasteiger partial charge in [0.25, 0.3) is 5.91 Å². The third-order valence-electron chi connectivity index (χ3n) is 6.42. The first kappa shape index (κ1) is 23.2. The van der Waals surface area contributed by atoms with E-state index in [1.165, 1.54) is 11.8 Å². The van der Waals surface area contributed by atoms with Gasteiger partial charge >= 0.3 is 0 Å². The maximum atomic E-state index is 13.0. The molecule has 1 aliphatic carbocycles. The minimum absolute atomic E-state index is 0.0465. The SMILES string of the molecule is N#Cc1ccc2cccc(NC(=O)C3(O)CCC(NCc4ccc5c(n4)NC(=O)CS5)CC3)c2n1.